The average Bonchev–Trinajstić information content (AvgIpc) is 3.16. The van der Waals surface area contributed by atoms with Crippen molar-refractivity contribution in [1.29, 1.82) is 0 Å². The third kappa shape index (κ3) is 3.88. The summed E-state index contributed by atoms with van der Waals surface area (Å²) in [6.45, 7) is 2.00. The summed E-state index contributed by atoms with van der Waals surface area (Å²) in [6, 6.07) is 11.1. The molecule has 0 radical (unpaired) electrons. The fraction of sp³-hybridized carbons (Fsp3) is 0.300. The number of hydrogen-bond acceptors (Lipinski definition) is 6. The highest BCUT2D eigenvalue weighted by Gasteiger charge is 2.39. The normalized spacial score (nSPS) is 18.4. The fourth-order valence-electron chi connectivity index (χ4n) is 3.27. The van der Waals surface area contributed by atoms with Crippen LogP contribution in [-0.4, -0.2) is 32.8 Å². The zero-order valence-corrected chi connectivity index (χ0v) is 15.7. The van der Waals surface area contributed by atoms with Gasteiger partial charge in [-0.05, 0) is 24.6 Å². The Bertz CT molecular complexity index is 1040. The minimum absolute atomic E-state index is 0.00443. The Hall–Kier alpha value is -2.98. The molecule has 0 saturated carbocycles. The number of hydrogen-bond donors (Lipinski definition) is 1. The summed E-state index contributed by atoms with van der Waals surface area (Å²) in [4.78, 5) is 4.97. The fourth-order valence-corrected chi connectivity index (χ4v) is 3.27. The summed E-state index contributed by atoms with van der Waals surface area (Å²) >= 11 is 0. The van der Waals surface area contributed by atoms with E-state index in [0.29, 0.717) is 5.56 Å². The quantitative estimate of drug-likeness (QED) is 0.638. The number of halogens is 4. The first-order valence-electron chi connectivity index (χ1n) is 9.09. The molecule has 0 amide bonds. The molecule has 2 heterocycles. The Kier molecular flexibility index (Phi) is 5.20. The second kappa shape index (κ2) is 7.69. The first-order valence-corrected chi connectivity index (χ1v) is 9.09. The lowest BCUT2D eigenvalue weighted by molar-refractivity contribution is -0.159. The highest BCUT2D eigenvalue weighted by atomic mass is 19.4. The molecule has 0 aliphatic carbocycles. The Balaban J connectivity index is 1.66. The maximum absolute atomic E-state index is 14.9. The van der Waals surface area contributed by atoms with Gasteiger partial charge in [-0.1, -0.05) is 35.5 Å². The van der Waals surface area contributed by atoms with E-state index in [0.717, 1.165) is 6.07 Å². The van der Waals surface area contributed by atoms with Crippen molar-refractivity contribution in [2.45, 2.75) is 31.9 Å². The number of aromatic nitrogens is 2. The van der Waals surface area contributed by atoms with Crippen LogP contribution < -0.4 is 4.74 Å². The van der Waals surface area contributed by atoms with E-state index in [1.165, 1.54) is 6.07 Å². The second-order valence-corrected chi connectivity index (χ2v) is 6.97. The van der Waals surface area contributed by atoms with Gasteiger partial charge in [0, 0.05) is 23.7 Å². The van der Waals surface area contributed by atoms with E-state index in [4.69, 9.17) is 4.74 Å². The van der Waals surface area contributed by atoms with E-state index in [-0.39, 0.29) is 36.1 Å². The van der Waals surface area contributed by atoms with Gasteiger partial charge in [-0.2, -0.15) is 18.2 Å². The molecule has 10 heteroatoms. The lowest BCUT2D eigenvalue weighted by atomic mass is 10.1. The van der Waals surface area contributed by atoms with Gasteiger partial charge in [0.1, 0.15) is 24.4 Å². The van der Waals surface area contributed by atoms with Crippen molar-refractivity contribution in [1.82, 2.24) is 15.0 Å². The lowest BCUT2D eigenvalue weighted by Gasteiger charge is -2.31. The molecule has 0 saturated heterocycles. The Morgan fingerprint density at radius 1 is 1.20 bits per heavy atom. The average molecular weight is 423 g/mol. The first kappa shape index (κ1) is 20.3. The number of nitrogens with zero attached hydrogens (tertiary/aromatic N) is 3. The van der Waals surface area contributed by atoms with E-state index in [1.54, 1.807) is 29.2 Å². The molecule has 1 aliphatic rings. The van der Waals surface area contributed by atoms with Crippen LogP contribution in [0.5, 0.6) is 5.75 Å². The third-order valence-corrected chi connectivity index (χ3v) is 4.88. The molecule has 6 nitrogen and oxygen atoms in total. The molecular formula is C20H17F4N3O3. The van der Waals surface area contributed by atoms with Crippen LogP contribution in [0, 0.1) is 5.82 Å². The molecule has 0 spiro atoms. The van der Waals surface area contributed by atoms with Crippen molar-refractivity contribution in [2.75, 3.05) is 6.61 Å². The van der Waals surface area contributed by atoms with Gasteiger partial charge < -0.3 is 14.4 Å². The molecular weight excluding hydrogens is 406 g/mol. The number of benzene rings is 2. The van der Waals surface area contributed by atoms with Gasteiger partial charge in [0.2, 0.25) is 5.82 Å². The Morgan fingerprint density at radius 3 is 2.60 bits per heavy atom. The van der Waals surface area contributed by atoms with Crippen LogP contribution in [0.1, 0.15) is 30.2 Å². The Morgan fingerprint density at radius 2 is 1.93 bits per heavy atom. The Labute approximate surface area is 168 Å². The highest BCUT2D eigenvalue weighted by molar-refractivity contribution is 5.59. The van der Waals surface area contributed by atoms with Crippen LogP contribution in [0.4, 0.5) is 17.6 Å². The van der Waals surface area contributed by atoms with Crippen LogP contribution in [0.25, 0.3) is 11.4 Å². The number of fused-ring (bicyclic) bond motifs is 1. The number of alkyl halides is 3. The molecule has 1 N–H and O–H groups in total. The van der Waals surface area contributed by atoms with Crippen molar-refractivity contribution in [3.05, 3.63) is 65.3 Å². The smallest absolute Gasteiger partial charge is 0.471 e. The minimum atomic E-state index is -4.80. The molecule has 0 bridgehead atoms. The minimum Gasteiger partial charge on any atom is -0.491 e. The summed E-state index contributed by atoms with van der Waals surface area (Å²) in [5, 5.41) is 14.1. The molecule has 3 aromatic rings. The van der Waals surface area contributed by atoms with Crippen LogP contribution in [-0.2, 0) is 12.7 Å². The maximum atomic E-state index is 14.9. The third-order valence-electron chi connectivity index (χ3n) is 4.88. The topological polar surface area (TPSA) is 71.6 Å². The van der Waals surface area contributed by atoms with Gasteiger partial charge in [0.05, 0.1) is 0 Å². The van der Waals surface area contributed by atoms with Crippen molar-refractivity contribution in [3.8, 4) is 17.1 Å². The SMILES string of the molecule is C[C@H]1COc2cc(-c3noc(C(F)(F)F)n3)cc(F)c2CN1C(O)c1ccccc1. The van der Waals surface area contributed by atoms with Crippen molar-refractivity contribution in [2.24, 2.45) is 0 Å². The summed E-state index contributed by atoms with van der Waals surface area (Å²) in [7, 11) is 0. The van der Waals surface area contributed by atoms with Gasteiger partial charge in [0.15, 0.2) is 0 Å². The molecule has 4 rings (SSSR count). The number of aliphatic hydroxyl groups is 1. The molecule has 2 atom stereocenters. The van der Waals surface area contributed by atoms with Gasteiger partial charge in [-0.3, -0.25) is 4.90 Å². The number of aliphatic hydroxyl groups excluding tert-OH is 1. The first-order chi connectivity index (χ1) is 14.2. The second-order valence-electron chi connectivity index (χ2n) is 6.97. The standard InChI is InChI=1S/C20H17F4N3O3/c1-11-10-29-16-8-13(17-25-19(30-26-17)20(22,23)24)7-15(21)14(16)9-27(11)18(28)12-5-3-2-4-6-12/h2-8,11,18,28H,9-10H2,1H3/t11-,18?/m0/s1. The van der Waals surface area contributed by atoms with E-state index in [2.05, 4.69) is 14.7 Å². The molecule has 1 unspecified atom stereocenters. The summed E-state index contributed by atoms with van der Waals surface area (Å²) in [5.41, 5.74) is 0.823. The van der Waals surface area contributed by atoms with E-state index in [9.17, 15) is 22.7 Å². The largest absolute Gasteiger partial charge is 0.491 e. The van der Waals surface area contributed by atoms with Gasteiger partial charge in [-0.25, -0.2) is 4.39 Å². The lowest BCUT2D eigenvalue weighted by Crippen LogP contribution is -2.38. The zero-order chi connectivity index (χ0) is 21.5. The zero-order valence-electron chi connectivity index (χ0n) is 15.7. The molecule has 2 aromatic carbocycles. The number of ether oxygens (including phenoxy) is 1. The van der Waals surface area contributed by atoms with Gasteiger partial charge in [0.25, 0.3) is 0 Å². The monoisotopic (exact) mass is 423 g/mol. The predicted octanol–water partition coefficient (Wildman–Crippen LogP) is 4.17. The maximum Gasteiger partial charge on any atom is 0.471 e. The van der Waals surface area contributed by atoms with E-state index >= 15 is 0 Å². The van der Waals surface area contributed by atoms with Crippen molar-refractivity contribution < 1.29 is 31.9 Å². The molecule has 1 aromatic heterocycles. The molecule has 30 heavy (non-hydrogen) atoms. The van der Waals surface area contributed by atoms with Crippen molar-refractivity contribution in [3.63, 3.8) is 0 Å². The predicted molar refractivity (Wildman–Crippen MR) is 96.6 cm³/mol. The van der Waals surface area contributed by atoms with Crippen molar-refractivity contribution >= 4 is 0 Å². The number of rotatable bonds is 3. The summed E-state index contributed by atoms with van der Waals surface area (Å²) < 4.78 is 62.9. The van der Waals surface area contributed by atoms with E-state index in [1.807, 2.05) is 13.0 Å². The van der Waals surface area contributed by atoms with Gasteiger partial charge in [-0.15, -0.1) is 0 Å². The van der Waals surface area contributed by atoms with E-state index < -0.39 is 29.9 Å². The van der Waals surface area contributed by atoms with Gasteiger partial charge >= 0.3 is 12.1 Å². The van der Waals surface area contributed by atoms with Crippen LogP contribution >= 0.6 is 0 Å². The van der Waals surface area contributed by atoms with Crippen LogP contribution in [0.3, 0.4) is 0 Å². The molecule has 0 fully saturated rings. The molecule has 1 aliphatic heterocycles. The van der Waals surface area contributed by atoms with Crippen LogP contribution in [0.15, 0.2) is 47.0 Å². The summed E-state index contributed by atoms with van der Waals surface area (Å²) in [5.74, 6) is -2.47. The van der Waals surface area contributed by atoms with Crippen LogP contribution in [0.2, 0.25) is 0 Å². The summed E-state index contributed by atoms with van der Waals surface area (Å²) in [6.07, 6.45) is -5.78. The highest BCUT2D eigenvalue weighted by Crippen LogP contribution is 2.36. The molecule has 158 valence electrons.